The fraction of sp³-hybridized carbons (Fsp3) is 0.603. The third-order valence-electron chi connectivity index (χ3n) is 11.1. The van der Waals surface area contributed by atoms with E-state index in [9.17, 15) is 14.4 Å². The van der Waals surface area contributed by atoms with Gasteiger partial charge in [-0.2, -0.15) is 0 Å². The van der Waals surface area contributed by atoms with Gasteiger partial charge in [0, 0.05) is 19.3 Å². The largest absolute Gasteiger partial charge is 0.462 e. The Bertz CT molecular complexity index is 1510. The monoisotopic (exact) mass is 953 g/mol. The molecule has 1 atom stereocenters. The van der Waals surface area contributed by atoms with Gasteiger partial charge in [0.15, 0.2) is 6.10 Å². The summed E-state index contributed by atoms with van der Waals surface area (Å²) in [5, 5.41) is 0. The summed E-state index contributed by atoms with van der Waals surface area (Å²) < 4.78 is 16.8. The van der Waals surface area contributed by atoms with Crippen LogP contribution in [0.3, 0.4) is 0 Å². The number of hydrogen-bond acceptors (Lipinski definition) is 6. The van der Waals surface area contributed by atoms with E-state index in [4.69, 9.17) is 14.2 Å². The number of rotatable bonds is 48. The van der Waals surface area contributed by atoms with Crippen LogP contribution in [-0.4, -0.2) is 37.2 Å². The SMILES string of the molecule is CC/C=C/C/C=C/C/C=C/C/C=C/C/C=C/CCCCCC(=O)OC[C@@H](COC(=O)CCCCCCC/C=C/CCCCCC)OC(=O)CCCCC/C=C/C/C=C/C/C=C/C/C=C/C/C=C/CC. The quantitative estimate of drug-likeness (QED) is 0.0262. The Hall–Kier alpha value is -4.45. The molecule has 0 rings (SSSR count). The van der Waals surface area contributed by atoms with E-state index in [-0.39, 0.29) is 37.5 Å². The first-order valence-electron chi connectivity index (χ1n) is 27.7. The Balaban J connectivity index is 4.54. The molecule has 0 aliphatic heterocycles. The van der Waals surface area contributed by atoms with Gasteiger partial charge in [0.1, 0.15) is 13.2 Å². The van der Waals surface area contributed by atoms with E-state index >= 15 is 0 Å². The van der Waals surface area contributed by atoms with Crippen molar-refractivity contribution in [3.63, 3.8) is 0 Å². The third kappa shape index (κ3) is 54.4. The Morgan fingerprint density at radius 3 is 0.913 bits per heavy atom. The predicted molar refractivity (Wildman–Crippen MR) is 297 cm³/mol. The molecule has 0 unspecified atom stereocenters. The van der Waals surface area contributed by atoms with Crippen LogP contribution < -0.4 is 0 Å². The van der Waals surface area contributed by atoms with E-state index in [1.807, 2.05) is 0 Å². The predicted octanol–water partition coefficient (Wildman–Crippen LogP) is 18.6. The number of hydrogen-bond donors (Lipinski definition) is 0. The Morgan fingerprint density at radius 2 is 0.565 bits per heavy atom. The first-order valence-corrected chi connectivity index (χ1v) is 27.7. The molecule has 0 N–H and O–H groups in total. The second kappa shape index (κ2) is 56.1. The zero-order chi connectivity index (χ0) is 50.0. The van der Waals surface area contributed by atoms with Crippen LogP contribution in [0.25, 0.3) is 0 Å². The van der Waals surface area contributed by atoms with Crippen LogP contribution >= 0.6 is 0 Å². The molecule has 0 aliphatic rings. The Kier molecular flexibility index (Phi) is 52.5. The lowest BCUT2D eigenvalue weighted by Gasteiger charge is -2.18. The van der Waals surface area contributed by atoms with Gasteiger partial charge in [-0.3, -0.25) is 14.4 Å². The molecule has 6 heteroatoms. The molecule has 0 radical (unpaired) electrons. The minimum atomic E-state index is -0.818. The van der Waals surface area contributed by atoms with E-state index in [0.29, 0.717) is 19.3 Å². The molecule has 0 heterocycles. The van der Waals surface area contributed by atoms with Crippen molar-refractivity contribution in [2.24, 2.45) is 0 Å². The lowest BCUT2D eigenvalue weighted by Crippen LogP contribution is -2.30. The van der Waals surface area contributed by atoms with Gasteiger partial charge in [0.25, 0.3) is 0 Å². The lowest BCUT2D eigenvalue weighted by molar-refractivity contribution is -0.167. The van der Waals surface area contributed by atoms with Gasteiger partial charge in [-0.05, 0) is 135 Å². The number of carbonyl (C=O) groups excluding carboxylic acids is 3. The summed E-state index contributed by atoms with van der Waals surface area (Å²) in [7, 11) is 0. The van der Waals surface area contributed by atoms with Crippen molar-refractivity contribution in [2.75, 3.05) is 13.2 Å². The van der Waals surface area contributed by atoms with Gasteiger partial charge >= 0.3 is 17.9 Å². The van der Waals surface area contributed by atoms with Crippen LogP contribution in [-0.2, 0) is 28.6 Å². The van der Waals surface area contributed by atoms with Crippen molar-refractivity contribution >= 4 is 17.9 Å². The summed E-state index contributed by atoms with van der Waals surface area (Å²) in [5.41, 5.74) is 0. The Labute approximate surface area is 424 Å². The van der Waals surface area contributed by atoms with Crippen molar-refractivity contribution in [1.29, 1.82) is 0 Å². The molecule has 0 saturated heterocycles. The van der Waals surface area contributed by atoms with Gasteiger partial charge in [-0.1, -0.05) is 206 Å². The molecule has 69 heavy (non-hydrogen) atoms. The summed E-state index contributed by atoms with van der Waals surface area (Å²) in [6, 6.07) is 0. The molecular weight excluding hydrogens is 853 g/mol. The standard InChI is InChI=1S/C63H100O6/c1-4-7-10-13-16-19-22-25-27-29-31-33-35-38-41-44-47-50-53-56-62(65)68-59-60(58-67-61(64)55-52-49-46-43-40-37-24-21-18-15-12-9-6-3)69-63(66)57-54-51-48-45-42-39-36-34-32-30-28-26-23-20-17-14-11-8-5-2/h7-8,10-11,16-17,19-21,24-28,31-34,38-39,41-42,60H,4-6,9,12-15,18,22-23,29-30,35-37,40,43-59H2,1-3H3/b10-7+,11-8+,19-16+,20-17+,24-21+,27-25+,28-26+,33-31+,34-32+,41-38+,42-39+/t60-/m1/s1. The van der Waals surface area contributed by atoms with E-state index in [0.717, 1.165) is 141 Å². The molecule has 388 valence electrons. The Morgan fingerprint density at radius 1 is 0.304 bits per heavy atom. The molecule has 0 aromatic heterocycles. The second-order valence-electron chi connectivity index (χ2n) is 17.7. The maximum Gasteiger partial charge on any atom is 0.306 e. The number of carbonyl (C=O) groups is 3. The number of esters is 3. The van der Waals surface area contributed by atoms with E-state index in [1.165, 1.54) is 38.5 Å². The van der Waals surface area contributed by atoms with Crippen LogP contribution in [0.4, 0.5) is 0 Å². The molecule has 0 spiro atoms. The molecule has 0 bridgehead atoms. The van der Waals surface area contributed by atoms with Gasteiger partial charge in [0.05, 0.1) is 0 Å². The summed E-state index contributed by atoms with van der Waals surface area (Å²) >= 11 is 0. The van der Waals surface area contributed by atoms with Gasteiger partial charge in [-0.15, -0.1) is 0 Å². The normalized spacial score (nSPS) is 13.1. The fourth-order valence-corrected chi connectivity index (χ4v) is 7.02. The lowest BCUT2D eigenvalue weighted by atomic mass is 10.1. The summed E-state index contributed by atoms with van der Waals surface area (Å²) in [4.78, 5) is 38.1. The second-order valence-corrected chi connectivity index (χ2v) is 17.7. The third-order valence-corrected chi connectivity index (χ3v) is 11.1. The van der Waals surface area contributed by atoms with Crippen LogP contribution in [0.1, 0.15) is 226 Å². The molecular formula is C63H100O6. The molecule has 0 aromatic carbocycles. The topological polar surface area (TPSA) is 78.9 Å². The highest BCUT2D eigenvalue weighted by Gasteiger charge is 2.19. The number of ether oxygens (including phenoxy) is 3. The highest BCUT2D eigenvalue weighted by atomic mass is 16.6. The van der Waals surface area contributed by atoms with Crippen molar-refractivity contribution in [1.82, 2.24) is 0 Å². The van der Waals surface area contributed by atoms with Crippen molar-refractivity contribution in [3.8, 4) is 0 Å². The highest BCUT2D eigenvalue weighted by Crippen LogP contribution is 2.12. The minimum absolute atomic E-state index is 0.111. The van der Waals surface area contributed by atoms with E-state index in [1.54, 1.807) is 0 Å². The smallest absolute Gasteiger partial charge is 0.306 e. The van der Waals surface area contributed by atoms with Crippen molar-refractivity contribution in [2.45, 2.75) is 232 Å². The fourth-order valence-electron chi connectivity index (χ4n) is 7.02. The highest BCUT2D eigenvalue weighted by molar-refractivity contribution is 5.71. The molecule has 6 nitrogen and oxygen atoms in total. The van der Waals surface area contributed by atoms with E-state index in [2.05, 4.69) is 154 Å². The molecule has 0 saturated carbocycles. The number of unbranched alkanes of at least 4 members (excludes halogenated alkanes) is 15. The summed E-state index contributed by atoms with van der Waals surface area (Å²) in [6.07, 6.45) is 78.6. The van der Waals surface area contributed by atoms with Gasteiger partial charge < -0.3 is 14.2 Å². The first kappa shape index (κ1) is 64.5. The first-order chi connectivity index (χ1) is 34.0. The average molecular weight is 953 g/mol. The van der Waals surface area contributed by atoms with Crippen molar-refractivity contribution in [3.05, 3.63) is 134 Å². The molecule has 0 aliphatic carbocycles. The molecule has 0 amide bonds. The maximum absolute atomic E-state index is 12.8. The van der Waals surface area contributed by atoms with Crippen LogP contribution in [0.15, 0.2) is 134 Å². The summed E-state index contributed by atoms with van der Waals surface area (Å²) in [6.45, 7) is 6.32. The van der Waals surface area contributed by atoms with Crippen molar-refractivity contribution < 1.29 is 28.6 Å². The molecule has 0 fully saturated rings. The van der Waals surface area contributed by atoms with Gasteiger partial charge in [0.2, 0.25) is 0 Å². The average Bonchev–Trinajstić information content (AvgIpc) is 3.35. The zero-order valence-electron chi connectivity index (χ0n) is 44.3. The minimum Gasteiger partial charge on any atom is -0.462 e. The van der Waals surface area contributed by atoms with Crippen LogP contribution in [0.2, 0.25) is 0 Å². The van der Waals surface area contributed by atoms with Gasteiger partial charge in [-0.25, -0.2) is 0 Å². The zero-order valence-corrected chi connectivity index (χ0v) is 44.3. The van der Waals surface area contributed by atoms with Crippen LogP contribution in [0.5, 0.6) is 0 Å². The maximum atomic E-state index is 12.8. The van der Waals surface area contributed by atoms with E-state index < -0.39 is 6.10 Å². The van der Waals surface area contributed by atoms with Crippen LogP contribution in [0, 0.1) is 0 Å². The number of allylic oxidation sites excluding steroid dienone is 22. The molecule has 0 aromatic rings. The summed E-state index contributed by atoms with van der Waals surface area (Å²) in [5.74, 6) is -0.992.